The van der Waals surface area contributed by atoms with E-state index in [9.17, 15) is 14.4 Å². The summed E-state index contributed by atoms with van der Waals surface area (Å²) in [4.78, 5) is 36.1. The number of ether oxygens (including phenoxy) is 2. The Hall–Kier alpha value is -2.87. The van der Waals surface area contributed by atoms with Crippen LogP contribution in [0.15, 0.2) is 24.3 Å². The average Bonchev–Trinajstić information content (AvgIpc) is 3.02. The monoisotopic (exact) mass is 418 g/mol. The lowest BCUT2D eigenvalue weighted by molar-refractivity contribution is -0.118. The first-order chi connectivity index (χ1) is 13.8. The van der Waals surface area contributed by atoms with Gasteiger partial charge < -0.3 is 20.5 Å². The van der Waals surface area contributed by atoms with Crippen LogP contribution >= 0.6 is 11.3 Å². The normalized spacial score (nSPS) is 11.6. The second kappa shape index (κ2) is 10.1. The van der Waals surface area contributed by atoms with Crippen LogP contribution in [0.25, 0.3) is 0 Å². The minimum Gasteiger partial charge on any atom is -0.484 e. The number of thiophene rings is 1. The zero-order chi connectivity index (χ0) is 21.6. The van der Waals surface area contributed by atoms with Crippen molar-refractivity contribution in [3.8, 4) is 5.75 Å². The standard InChI is InChI=1S/C21H26N2O5S/c1-5-6-12(2)14-7-9-15(10-8-14)28-11-16(24)23-20-17(19(22)25)13(3)18(29-20)21(26)27-4/h7-10,12H,5-6,11H2,1-4H3,(H2,22,25)(H,23,24). The molecule has 1 heterocycles. The van der Waals surface area contributed by atoms with Crippen LogP contribution < -0.4 is 15.8 Å². The molecule has 2 amide bonds. The number of nitrogens with one attached hydrogen (secondary N) is 1. The zero-order valence-corrected chi connectivity index (χ0v) is 17.9. The van der Waals surface area contributed by atoms with E-state index >= 15 is 0 Å². The third kappa shape index (κ3) is 5.57. The van der Waals surface area contributed by atoms with Gasteiger partial charge in [-0.1, -0.05) is 32.4 Å². The smallest absolute Gasteiger partial charge is 0.348 e. The predicted molar refractivity (Wildman–Crippen MR) is 113 cm³/mol. The summed E-state index contributed by atoms with van der Waals surface area (Å²) in [5, 5.41) is 2.80. The first kappa shape index (κ1) is 22.4. The van der Waals surface area contributed by atoms with E-state index in [1.165, 1.54) is 12.7 Å². The van der Waals surface area contributed by atoms with Crippen molar-refractivity contribution in [1.29, 1.82) is 0 Å². The number of rotatable bonds is 9. The summed E-state index contributed by atoms with van der Waals surface area (Å²) in [5.74, 6) is -0.754. The third-order valence-corrected chi connectivity index (χ3v) is 5.74. The number of anilines is 1. The second-order valence-electron chi connectivity index (χ2n) is 6.71. The SMILES string of the molecule is CCCC(C)c1ccc(OCC(=O)Nc2sc(C(=O)OC)c(C)c2C(N)=O)cc1. The Kier molecular flexibility index (Phi) is 7.78. The highest BCUT2D eigenvalue weighted by atomic mass is 32.1. The Morgan fingerprint density at radius 3 is 2.41 bits per heavy atom. The molecule has 7 nitrogen and oxygen atoms in total. The Labute approximate surface area is 174 Å². The van der Waals surface area contributed by atoms with Crippen molar-refractivity contribution in [1.82, 2.24) is 0 Å². The molecule has 1 atom stereocenters. The molecular weight excluding hydrogens is 392 g/mol. The van der Waals surface area contributed by atoms with E-state index in [0.717, 1.165) is 24.2 Å². The van der Waals surface area contributed by atoms with Crippen molar-refractivity contribution < 1.29 is 23.9 Å². The van der Waals surface area contributed by atoms with E-state index in [1.807, 2.05) is 24.3 Å². The molecule has 8 heteroatoms. The molecule has 0 fully saturated rings. The molecule has 0 saturated carbocycles. The summed E-state index contributed by atoms with van der Waals surface area (Å²) in [6, 6.07) is 7.64. The maximum Gasteiger partial charge on any atom is 0.348 e. The average molecular weight is 419 g/mol. The maximum atomic E-state index is 12.3. The molecule has 2 aromatic rings. The predicted octanol–water partition coefficient (Wildman–Crippen LogP) is 3.86. The molecule has 29 heavy (non-hydrogen) atoms. The zero-order valence-electron chi connectivity index (χ0n) is 17.0. The topological polar surface area (TPSA) is 108 Å². The van der Waals surface area contributed by atoms with E-state index in [4.69, 9.17) is 15.2 Å². The van der Waals surface area contributed by atoms with Crippen LogP contribution in [0.2, 0.25) is 0 Å². The molecule has 0 saturated heterocycles. The molecule has 0 aliphatic heterocycles. The van der Waals surface area contributed by atoms with Gasteiger partial charge in [0.2, 0.25) is 0 Å². The first-order valence-corrected chi connectivity index (χ1v) is 10.1. The molecule has 0 bridgehead atoms. The van der Waals surface area contributed by atoms with Gasteiger partial charge in [-0.3, -0.25) is 9.59 Å². The molecule has 1 aromatic carbocycles. The van der Waals surface area contributed by atoms with Gasteiger partial charge >= 0.3 is 5.97 Å². The first-order valence-electron chi connectivity index (χ1n) is 9.32. The number of carbonyl (C=O) groups is 3. The lowest BCUT2D eigenvalue weighted by Gasteiger charge is -2.12. The summed E-state index contributed by atoms with van der Waals surface area (Å²) in [5.41, 5.74) is 7.10. The number of hydrogen-bond acceptors (Lipinski definition) is 6. The van der Waals surface area contributed by atoms with Crippen LogP contribution in [0, 0.1) is 6.92 Å². The highest BCUT2D eigenvalue weighted by Crippen LogP contribution is 2.33. The van der Waals surface area contributed by atoms with Gasteiger partial charge in [0.1, 0.15) is 15.6 Å². The van der Waals surface area contributed by atoms with Crippen molar-refractivity contribution in [3.05, 3.63) is 45.8 Å². The van der Waals surface area contributed by atoms with Gasteiger partial charge in [0.15, 0.2) is 6.61 Å². The molecule has 0 spiro atoms. The fourth-order valence-electron chi connectivity index (χ4n) is 2.99. The lowest BCUT2D eigenvalue weighted by atomic mass is 9.97. The van der Waals surface area contributed by atoms with Crippen LogP contribution in [0.1, 0.15) is 63.8 Å². The highest BCUT2D eigenvalue weighted by Gasteiger charge is 2.24. The number of esters is 1. The minimum absolute atomic E-state index is 0.0954. The Morgan fingerprint density at radius 2 is 1.86 bits per heavy atom. The van der Waals surface area contributed by atoms with Crippen LogP contribution in [0.5, 0.6) is 5.75 Å². The number of methoxy groups -OCH3 is 1. The van der Waals surface area contributed by atoms with E-state index < -0.39 is 17.8 Å². The Bertz CT molecular complexity index is 889. The van der Waals surface area contributed by atoms with E-state index in [2.05, 4.69) is 19.2 Å². The molecule has 0 aliphatic rings. The third-order valence-electron chi connectivity index (χ3n) is 4.56. The maximum absolute atomic E-state index is 12.3. The summed E-state index contributed by atoms with van der Waals surface area (Å²) < 4.78 is 10.2. The largest absolute Gasteiger partial charge is 0.484 e. The number of amides is 2. The van der Waals surface area contributed by atoms with Crippen LogP contribution in [0.3, 0.4) is 0 Å². The summed E-state index contributed by atoms with van der Waals surface area (Å²) in [6.45, 7) is 5.66. The number of benzene rings is 1. The fourth-order valence-corrected chi connectivity index (χ4v) is 4.14. The summed E-state index contributed by atoms with van der Waals surface area (Å²) in [7, 11) is 1.24. The van der Waals surface area contributed by atoms with E-state index in [0.29, 0.717) is 17.2 Å². The number of primary amides is 1. The molecule has 0 aliphatic carbocycles. The van der Waals surface area contributed by atoms with Gasteiger partial charge in [0, 0.05) is 0 Å². The molecule has 156 valence electrons. The second-order valence-corrected chi connectivity index (χ2v) is 7.73. The Balaban J connectivity index is 2.04. The molecule has 0 radical (unpaired) electrons. The Morgan fingerprint density at radius 1 is 1.21 bits per heavy atom. The van der Waals surface area contributed by atoms with Gasteiger partial charge in [-0.2, -0.15) is 0 Å². The summed E-state index contributed by atoms with van der Waals surface area (Å²) in [6.07, 6.45) is 2.23. The number of nitrogens with two attached hydrogens (primary N) is 1. The quantitative estimate of drug-likeness (QED) is 0.601. The van der Waals surface area contributed by atoms with Crippen molar-refractivity contribution in [2.45, 2.75) is 39.5 Å². The van der Waals surface area contributed by atoms with Gasteiger partial charge in [0.05, 0.1) is 12.7 Å². The molecular formula is C21H26N2O5S. The fraction of sp³-hybridized carbons (Fsp3) is 0.381. The van der Waals surface area contributed by atoms with Gasteiger partial charge in [-0.15, -0.1) is 11.3 Å². The van der Waals surface area contributed by atoms with Crippen LogP contribution in [0.4, 0.5) is 5.00 Å². The number of hydrogen-bond donors (Lipinski definition) is 2. The van der Waals surface area contributed by atoms with Crippen LogP contribution in [-0.2, 0) is 9.53 Å². The van der Waals surface area contributed by atoms with E-state index in [1.54, 1.807) is 6.92 Å². The highest BCUT2D eigenvalue weighted by molar-refractivity contribution is 7.18. The van der Waals surface area contributed by atoms with Gasteiger partial charge in [-0.25, -0.2) is 4.79 Å². The molecule has 1 unspecified atom stereocenters. The van der Waals surface area contributed by atoms with E-state index in [-0.39, 0.29) is 22.0 Å². The molecule has 1 aromatic heterocycles. The van der Waals surface area contributed by atoms with Crippen molar-refractivity contribution in [2.24, 2.45) is 5.73 Å². The van der Waals surface area contributed by atoms with Gasteiger partial charge in [0.25, 0.3) is 11.8 Å². The lowest BCUT2D eigenvalue weighted by Crippen LogP contribution is -2.22. The van der Waals surface area contributed by atoms with Crippen LogP contribution in [-0.4, -0.2) is 31.5 Å². The minimum atomic E-state index is -0.734. The number of carbonyl (C=O) groups excluding carboxylic acids is 3. The summed E-state index contributed by atoms with van der Waals surface area (Å²) >= 11 is 0.944. The molecule has 3 N–H and O–H groups in total. The molecule has 2 rings (SSSR count). The van der Waals surface area contributed by atoms with Gasteiger partial charge in [-0.05, 0) is 42.5 Å². The van der Waals surface area contributed by atoms with Crippen molar-refractivity contribution in [3.63, 3.8) is 0 Å². The van der Waals surface area contributed by atoms with Crippen molar-refractivity contribution in [2.75, 3.05) is 19.0 Å². The van der Waals surface area contributed by atoms with Crippen molar-refractivity contribution >= 4 is 34.1 Å².